The fourth-order valence-corrected chi connectivity index (χ4v) is 3.40. The van der Waals surface area contributed by atoms with Crippen LogP contribution < -0.4 is 0 Å². The monoisotopic (exact) mass is 327 g/mol. The summed E-state index contributed by atoms with van der Waals surface area (Å²) in [6.45, 7) is 0.0974. The maximum Gasteiger partial charge on any atom is 0.307 e. The molecular weight excluding hydrogens is 309 g/mol. The predicted molar refractivity (Wildman–Crippen MR) is 81.1 cm³/mol. The third kappa shape index (κ3) is 3.78. The van der Waals surface area contributed by atoms with Crippen LogP contribution >= 0.6 is 11.8 Å². The molecule has 22 heavy (non-hydrogen) atoms. The first-order valence-electron chi connectivity index (χ1n) is 6.91. The van der Waals surface area contributed by atoms with Crippen LogP contribution in [0.5, 0.6) is 0 Å². The molecule has 1 fully saturated rings. The summed E-state index contributed by atoms with van der Waals surface area (Å²) in [7, 11) is 1.31. The lowest BCUT2D eigenvalue weighted by atomic mass is 10.1. The highest BCUT2D eigenvalue weighted by Crippen LogP contribution is 2.22. The molecule has 0 unspecified atom stereocenters. The van der Waals surface area contributed by atoms with Crippen LogP contribution in [0.4, 0.5) is 4.39 Å². The van der Waals surface area contributed by atoms with Crippen LogP contribution in [0.3, 0.4) is 0 Å². The SMILES string of the molecule is COC(=O)C[C@H]1CSCCN1C(=O)c1ccc(CO)c(F)c1. The molecule has 120 valence electrons. The molecule has 1 aliphatic heterocycles. The van der Waals surface area contributed by atoms with E-state index in [0.29, 0.717) is 12.3 Å². The molecular formula is C15H18FNO4S. The molecule has 1 aromatic rings. The van der Waals surface area contributed by atoms with Crippen LogP contribution in [0.15, 0.2) is 18.2 Å². The number of rotatable bonds is 4. The topological polar surface area (TPSA) is 66.8 Å². The van der Waals surface area contributed by atoms with Crippen molar-refractivity contribution in [2.45, 2.75) is 19.1 Å². The zero-order valence-corrected chi connectivity index (χ0v) is 13.1. The number of thioether (sulfide) groups is 1. The van der Waals surface area contributed by atoms with E-state index in [1.807, 2.05) is 0 Å². The number of nitrogens with zero attached hydrogens (tertiary/aromatic N) is 1. The maximum absolute atomic E-state index is 13.7. The van der Waals surface area contributed by atoms with E-state index in [0.717, 1.165) is 11.8 Å². The first kappa shape index (κ1) is 16.8. The first-order valence-corrected chi connectivity index (χ1v) is 8.07. The van der Waals surface area contributed by atoms with Crippen LogP contribution in [0.1, 0.15) is 22.3 Å². The summed E-state index contributed by atoms with van der Waals surface area (Å²) in [5, 5.41) is 8.98. The van der Waals surface area contributed by atoms with Gasteiger partial charge >= 0.3 is 5.97 Å². The highest BCUT2D eigenvalue weighted by atomic mass is 32.2. The van der Waals surface area contributed by atoms with Crippen LogP contribution in [0.25, 0.3) is 0 Å². The second kappa shape index (κ2) is 7.60. The van der Waals surface area contributed by atoms with Gasteiger partial charge in [-0.2, -0.15) is 11.8 Å². The predicted octanol–water partition coefficient (Wildman–Crippen LogP) is 1.44. The largest absolute Gasteiger partial charge is 0.469 e. The van der Waals surface area contributed by atoms with Crippen molar-refractivity contribution in [3.63, 3.8) is 0 Å². The highest BCUT2D eigenvalue weighted by Gasteiger charge is 2.30. The molecule has 0 aromatic heterocycles. The molecule has 1 amide bonds. The third-order valence-electron chi connectivity index (χ3n) is 3.59. The molecule has 1 aliphatic rings. The van der Waals surface area contributed by atoms with E-state index in [-0.39, 0.29) is 35.5 Å². The standard InChI is InChI=1S/C15H18FNO4S/c1-21-14(19)7-12-9-22-5-4-17(12)15(20)10-2-3-11(8-18)13(16)6-10/h2-3,6,12,18H,4-5,7-9H2,1H3/t12-/m0/s1. The molecule has 0 aliphatic carbocycles. The van der Waals surface area contributed by atoms with Gasteiger partial charge in [0.05, 0.1) is 26.2 Å². The average molecular weight is 327 g/mol. The number of aliphatic hydroxyl groups is 1. The van der Waals surface area contributed by atoms with Gasteiger partial charge in [-0.05, 0) is 12.1 Å². The van der Waals surface area contributed by atoms with E-state index in [4.69, 9.17) is 5.11 Å². The zero-order valence-electron chi connectivity index (χ0n) is 12.3. The van der Waals surface area contributed by atoms with E-state index >= 15 is 0 Å². The number of carbonyl (C=O) groups is 2. The van der Waals surface area contributed by atoms with E-state index < -0.39 is 12.4 Å². The number of amides is 1. The molecule has 1 heterocycles. The summed E-state index contributed by atoms with van der Waals surface area (Å²) in [5.41, 5.74) is 0.369. The zero-order chi connectivity index (χ0) is 16.1. The van der Waals surface area contributed by atoms with Crippen molar-refractivity contribution in [3.8, 4) is 0 Å². The summed E-state index contributed by atoms with van der Waals surface area (Å²) in [6, 6.07) is 3.77. The molecule has 0 spiro atoms. The van der Waals surface area contributed by atoms with Gasteiger partial charge in [0.2, 0.25) is 0 Å². The van der Waals surface area contributed by atoms with Crippen molar-refractivity contribution in [1.82, 2.24) is 4.90 Å². The van der Waals surface area contributed by atoms with E-state index in [1.165, 1.54) is 19.2 Å². The fraction of sp³-hybridized carbons (Fsp3) is 0.467. The Labute approximate surface area is 132 Å². The Balaban J connectivity index is 2.18. The summed E-state index contributed by atoms with van der Waals surface area (Å²) in [6.07, 6.45) is 0.131. The van der Waals surface area contributed by atoms with Crippen molar-refractivity contribution in [3.05, 3.63) is 35.1 Å². The Hall–Kier alpha value is -1.60. The molecule has 1 saturated heterocycles. The number of aliphatic hydroxyl groups excluding tert-OH is 1. The molecule has 0 bridgehead atoms. The van der Waals surface area contributed by atoms with Gasteiger partial charge in [0.1, 0.15) is 5.82 Å². The van der Waals surface area contributed by atoms with Gasteiger partial charge in [0.25, 0.3) is 5.91 Å². The lowest BCUT2D eigenvalue weighted by Gasteiger charge is -2.35. The second-order valence-corrected chi connectivity index (χ2v) is 6.12. The smallest absolute Gasteiger partial charge is 0.307 e. The van der Waals surface area contributed by atoms with E-state index in [2.05, 4.69) is 4.74 Å². The number of carbonyl (C=O) groups excluding carboxylic acids is 2. The average Bonchev–Trinajstić information content (AvgIpc) is 2.54. The maximum atomic E-state index is 13.7. The lowest BCUT2D eigenvalue weighted by molar-refractivity contribution is -0.141. The van der Waals surface area contributed by atoms with Crippen molar-refractivity contribution in [1.29, 1.82) is 0 Å². The Morgan fingerprint density at radius 2 is 2.27 bits per heavy atom. The van der Waals surface area contributed by atoms with Crippen LogP contribution in [0.2, 0.25) is 0 Å². The number of methoxy groups -OCH3 is 1. The highest BCUT2D eigenvalue weighted by molar-refractivity contribution is 7.99. The Morgan fingerprint density at radius 3 is 2.91 bits per heavy atom. The molecule has 1 aromatic carbocycles. The van der Waals surface area contributed by atoms with E-state index in [9.17, 15) is 14.0 Å². The molecule has 7 heteroatoms. The van der Waals surface area contributed by atoms with Crippen LogP contribution in [-0.2, 0) is 16.1 Å². The van der Waals surface area contributed by atoms with Gasteiger partial charge in [-0.25, -0.2) is 4.39 Å². The van der Waals surface area contributed by atoms with Crippen molar-refractivity contribution < 1.29 is 23.8 Å². The van der Waals surface area contributed by atoms with Gasteiger partial charge in [0.15, 0.2) is 0 Å². The number of halogens is 1. The molecule has 0 radical (unpaired) electrons. The van der Waals surface area contributed by atoms with Gasteiger partial charge < -0.3 is 14.7 Å². The summed E-state index contributed by atoms with van der Waals surface area (Å²) < 4.78 is 18.4. The second-order valence-electron chi connectivity index (χ2n) is 4.97. The summed E-state index contributed by atoms with van der Waals surface area (Å²) >= 11 is 1.67. The minimum absolute atomic E-state index is 0.131. The number of esters is 1. The van der Waals surface area contributed by atoms with E-state index in [1.54, 1.807) is 16.7 Å². The minimum atomic E-state index is -0.607. The molecule has 1 atom stereocenters. The van der Waals surface area contributed by atoms with Crippen LogP contribution in [-0.4, -0.2) is 53.1 Å². The van der Waals surface area contributed by atoms with Gasteiger partial charge in [0, 0.05) is 29.2 Å². The Morgan fingerprint density at radius 1 is 1.50 bits per heavy atom. The molecule has 5 nitrogen and oxygen atoms in total. The van der Waals surface area contributed by atoms with Gasteiger partial charge in [-0.15, -0.1) is 0 Å². The number of hydrogen-bond acceptors (Lipinski definition) is 5. The van der Waals surface area contributed by atoms with Crippen molar-refractivity contribution >= 4 is 23.6 Å². The van der Waals surface area contributed by atoms with Crippen molar-refractivity contribution in [2.75, 3.05) is 25.2 Å². The molecule has 2 rings (SSSR count). The number of ether oxygens (including phenoxy) is 1. The van der Waals surface area contributed by atoms with Crippen molar-refractivity contribution in [2.24, 2.45) is 0 Å². The number of benzene rings is 1. The summed E-state index contributed by atoms with van der Waals surface area (Å²) in [5.74, 6) is 0.146. The summed E-state index contributed by atoms with van der Waals surface area (Å²) in [4.78, 5) is 25.6. The third-order valence-corrected chi connectivity index (χ3v) is 4.68. The normalized spacial score (nSPS) is 18.1. The number of hydrogen-bond donors (Lipinski definition) is 1. The minimum Gasteiger partial charge on any atom is -0.469 e. The van der Waals surface area contributed by atoms with Crippen LogP contribution in [0, 0.1) is 5.82 Å². The molecule has 0 saturated carbocycles. The van der Waals surface area contributed by atoms with Gasteiger partial charge in [-0.3, -0.25) is 9.59 Å². The first-order chi connectivity index (χ1) is 10.6. The Kier molecular flexibility index (Phi) is 5.79. The lowest BCUT2D eigenvalue weighted by Crippen LogP contribution is -2.47. The Bertz CT molecular complexity index is 566. The van der Waals surface area contributed by atoms with Gasteiger partial charge in [-0.1, -0.05) is 6.07 Å². The fourth-order valence-electron chi connectivity index (χ4n) is 2.34. The quantitative estimate of drug-likeness (QED) is 0.848. The molecule has 1 N–H and O–H groups in total.